The molecule has 30 heavy (non-hydrogen) atoms. The molecule has 3 atom stereocenters. The number of carbonyl (C=O) groups is 1. The van der Waals surface area contributed by atoms with Gasteiger partial charge in [0.05, 0.1) is 10.8 Å². The molecule has 1 N–H and O–H groups in total. The summed E-state index contributed by atoms with van der Waals surface area (Å²) in [6.45, 7) is 0. The molecule has 2 aliphatic rings. The van der Waals surface area contributed by atoms with Gasteiger partial charge in [0.1, 0.15) is 0 Å². The van der Waals surface area contributed by atoms with Gasteiger partial charge >= 0.3 is 12.2 Å². The number of hydrogen-bond acceptors (Lipinski definition) is 4. The standard InChI is InChI=1S/C20H20F3N3O3S/c21-20(22,23)13-4-6-14(7-5-13)25-19(27)26-15-8-9-16(26)12-17(11-15)30(28,29)18-3-1-2-10-24-18/h1-7,10,15-17H,8-9,11-12H2,(H,25,27)/t15-,16?,17-/m1/s1. The number of benzene rings is 1. The summed E-state index contributed by atoms with van der Waals surface area (Å²) in [7, 11) is -3.59. The molecule has 6 nitrogen and oxygen atoms in total. The number of nitrogens with zero attached hydrogens (tertiary/aromatic N) is 2. The lowest BCUT2D eigenvalue weighted by molar-refractivity contribution is -0.137. The van der Waals surface area contributed by atoms with Gasteiger partial charge in [-0.25, -0.2) is 18.2 Å². The minimum Gasteiger partial charge on any atom is -0.318 e. The largest absolute Gasteiger partial charge is 0.416 e. The van der Waals surface area contributed by atoms with Gasteiger partial charge < -0.3 is 10.2 Å². The highest BCUT2D eigenvalue weighted by Crippen LogP contribution is 2.40. The summed E-state index contributed by atoms with van der Waals surface area (Å²) in [5.74, 6) is 0. The van der Waals surface area contributed by atoms with E-state index in [0.717, 1.165) is 12.1 Å². The Morgan fingerprint density at radius 1 is 1.03 bits per heavy atom. The topological polar surface area (TPSA) is 79.4 Å². The Morgan fingerprint density at radius 2 is 1.67 bits per heavy atom. The van der Waals surface area contributed by atoms with Crippen molar-refractivity contribution in [3.8, 4) is 0 Å². The van der Waals surface area contributed by atoms with Gasteiger partial charge in [0.15, 0.2) is 14.9 Å². The van der Waals surface area contributed by atoms with Crippen molar-refractivity contribution < 1.29 is 26.4 Å². The van der Waals surface area contributed by atoms with Gasteiger partial charge in [-0.1, -0.05) is 6.07 Å². The second kappa shape index (κ2) is 7.57. The number of anilines is 1. The van der Waals surface area contributed by atoms with Crippen LogP contribution in [-0.4, -0.2) is 41.7 Å². The first kappa shape index (κ1) is 20.6. The zero-order valence-corrected chi connectivity index (χ0v) is 16.7. The van der Waals surface area contributed by atoms with Crippen molar-refractivity contribution >= 4 is 21.6 Å². The van der Waals surface area contributed by atoms with Crippen LogP contribution < -0.4 is 5.32 Å². The summed E-state index contributed by atoms with van der Waals surface area (Å²) < 4.78 is 63.9. The molecule has 3 heterocycles. The summed E-state index contributed by atoms with van der Waals surface area (Å²) in [6.07, 6.45) is -0.985. The van der Waals surface area contributed by atoms with Gasteiger partial charge in [-0.05, 0) is 62.1 Å². The van der Waals surface area contributed by atoms with E-state index in [0.29, 0.717) is 25.7 Å². The molecule has 0 aliphatic carbocycles. The molecule has 2 fully saturated rings. The first-order valence-electron chi connectivity index (χ1n) is 9.58. The Morgan fingerprint density at radius 3 is 2.20 bits per heavy atom. The van der Waals surface area contributed by atoms with Crippen LogP contribution >= 0.6 is 0 Å². The van der Waals surface area contributed by atoms with E-state index in [9.17, 15) is 26.4 Å². The van der Waals surface area contributed by atoms with Crippen LogP contribution in [0.4, 0.5) is 23.7 Å². The van der Waals surface area contributed by atoms with Crippen molar-refractivity contribution in [2.45, 2.75) is 54.2 Å². The number of amides is 2. The van der Waals surface area contributed by atoms with Crippen molar-refractivity contribution in [3.05, 3.63) is 54.2 Å². The molecule has 2 aromatic rings. The highest BCUT2D eigenvalue weighted by molar-refractivity contribution is 7.92. The van der Waals surface area contributed by atoms with Gasteiger partial charge in [-0.2, -0.15) is 13.2 Å². The van der Waals surface area contributed by atoms with Crippen molar-refractivity contribution in [2.24, 2.45) is 0 Å². The summed E-state index contributed by atoms with van der Waals surface area (Å²) in [6, 6.07) is 8.10. The first-order chi connectivity index (χ1) is 14.2. The predicted octanol–water partition coefficient (Wildman–Crippen LogP) is 4.10. The number of nitrogens with one attached hydrogen (secondary N) is 1. The normalized spacial score (nSPS) is 24.0. The van der Waals surface area contributed by atoms with Gasteiger partial charge in [0.2, 0.25) is 0 Å². The van der Waals surface area contributed by atoms with E-state index in [1.807, 2.05) is 0 Å². The molecule has 1 unspecified atom stereocenters. The number of hydrogen-bond donors (Lipinski definition) is 1. The quantitative estimate of drug-likeness (QED) is 0.781. The lowest BCUT2D eigenvalue weighted by Crippen LogP contribution is -2.51. The first-order valence-corrected chi connectivity index (χ1v) is 11.1. The minimum absolute atomic E-state index is 0.0389. The van der Waals surface area contributed by atoms with Crippen LogP contribution in [0.3, 0.4) is 0 Å². The van der Waals surface area contributed by atoms with Crippen LogP contribution in [0.2, 0.25) is 0 Å². The number of rotatable bonds is 3. The van der Waals surface area contributed by atoms with Gasteiger partial charge in [0.25, 0.3) is 0 Å². The number of piperidine rings is 1. The van der Waals surface area contributed by atoms with E-state index >= 15 is 0 Å². The molecule has 0 saturated carbocycles. The predicted molar refractivity (Wildman–Crippen MR) is 104 cm³/mol. The lowest BCUT2D eigenvalue weighted by atomic mass is 10.0. The Balaban J connectivity index is 1.46. The van der Waals surface area contributed by atoms with Crippen LogP contribution in [0.1, 0.15) is 31.2 Å². The smallest absolute Gasteiger partial charge is 0.318 e. The molecule has 1 aromatic heterocycles. The van der Waals surface area contributed by atoms with E-state index in [1.165, 1.54) is 24.4 Å². The van der Waals surface area contributed by atoms with Crippen molar-refractivity contribution in [1.29, 1.82) is 0 Å². The van der Waals surface area contributed by atoms with Crippen LogP contribution in [0.25, 0.3) is 0 Å². The number of alkyl halides is 3. The molecular formula is C20H20F3N3O3S. The monoisotopic (exact) mass is 439 g/mol. The van der Waals surface area contributed by atoms with Crippen molar-refractivity contribution in [2.75, 3.05) is 5.32 Å². The zero-order valence-electron chi connectivity index (χ0n) is 15.8. The van der Waals surface area contributed by atoms with Crippen LogP contribution in [0.5, 0.6) is 0 Å². The zero-order chi connectivity index (χ0) is 21.5. The van der Waals surface area contributed by atoms with Crippen LogP contribution in [0.15, 0.2) is 53.7 Å². The second-order valence-corrected chi connectivity index (χ2v) is 9.78. The highest BCUT2D eigenvalue weighted by atomic mass is 32.2. The molecule has 0 radical (unpaired) electrons. The molecule has 4 rings (SSSR count). The third-order valence-corrected chi connectivity index (χ3v) is 7.84. The van der Waals surface area contributed by atoms with E-state index < -0.39 is 32.9 Å². The van der Waals surface area contributed by atoms with Crippen LogP contribution in [0, 0.1) is 0 Å². The molecule has 160 valence electrons. The van der Waals surface area contributed by atoms with Gasteiger partial charge in [-0.3, -0.25) is 0 Å². The fourth-order valence-corrected chi connectivity index (χ4v) is 6.10. The Kier molecular flexibility index (Phi) is 5.21. The number of halogens is 3. The number of fused-ring (bicyclic) bond motifs is 2. The SMILES string of the molecule is O=C(Nc1ccc(C(F)(F)F)cc1)N1C2CC[C@@H]1C[C@@H](S(=O)(=O)c1ccccn1)C2. The summed E-state index contributed by atoms with van der Waals surface area (Å²) >= 11 is 0. The molecule has 1 aromatic carbocycles. The number of carbonyl (C=O) groups excluding carboxylic acids is 1. The van der Waals surface area contributed by atoms with Gasteiger partial charge in [0, 0.05) is 24.0 Å². The molecule has 0 spiro atoms. The fourth-order valence-electron chi connectivity index (χ4n) is 4.33. The molecule has 2 amide bonds. The Hall–Kier alpha value is -2.62. The average Bonchev–Trinajstić information content (AvgIpc) is 2.98. The maximum atomic E-state index is 12.9. The molecule has 2 bridgehead atoms. The summed E-state index contributed by atoms with van der Waals surface area (Å²) in [5, 5.41) is 2.06. The fraction of sp³-hybridized carbons (Fsp3) is 0.400. The third kappa shape index (κ3) is 3.88. The number of aromatic nitrogens is 1. The Bertz CT molecular complexity index is 1010. The van der Waals surface area contributed by atoms with E-state index in [-0.39, 0.29) is 22.8 Å². The Labute approximate surface area is 172 Å². The maximum Gasteiger partial charge on any atom is 0.416 e. The van der Waals surface area contributed by atoms with E-state index in [4.69, 9.17) is 0 Å². The molecule has 2 aliphatic heterocycles. The molecule has 10 heteroatoms. The van der Waals surface area contributed by atoms with Crippen molar-refractivity contribution in [1.82, 2.24) is 9.88 Å². The highest BCUT2D eigenvalue weighted by Gasteiger charge is 2.47. The summed E-state index contributed by atoms with van der Waals surface area (Å²) in [4.78, 5) is 18.4. The lowest BCUT2D eigenvalue weighted by Gasteiger charge is -2.38. The van der Waals surface area contributed by atoms with E-state index in [1.54, 1.807) is 17.0 Å². The number of urea groups is 1. The third-order valence-electron chi connectivity index (χ3n) is 5.76. The molecular weight excluding hydrogens is 419 g/mol. The molecule has 2 saturated heterocycles. The van der Waals surface area contributed by atoms with E-state index in [2.05, 4.69) is 10.3 Å². The maximum absolute atomic E-state index is 12.9. The van der Waals surface area contributed by atoms with Crippen LogP contribution in [-0.2, 0) is 16.0 Å². The van der Waals surface area contributed by atoms with Gasteiger partial charge in [-0.15, -0.1) is 0 Å². The summed E-state index contributed by atoms with van der Waals surface area (Å²) in [5.41, 5.74) is -0.531. The average molecular weight is 439 g/mol. The number of pyridine rings is 1. The van der Waals surface area contributed by atoms with Crippen molar-refractivity contribution in [3.63, 3.8) is 0 Å². The number of sulfone groups is 1. The minimum atomic E-state index is -4.44. The second-order valence-electron chi connectivity index (χ2n) is 7.60.